The van der Waals surface area contributed by atoms with Gasteiger partial charge in [0.15, 0.2) is 0 Å². The van der Waals surface area contributed by atoms with Crippen LogP contribution < -0.4 is 10.1 Å². The van der Waals surface area contributed by atoms with E-state index in [2.05, 4.69) is 26.7 Å². The predicted molar refractivity (Wildman–Crippen MR) is 103 cm³/mol. The summed E-state index contributed by atoms with van der Waals surface area (Å²) in [6.07, 6.45) is 3.41. The molecular formula is C20H26N4O3. The largest absolute Gasteiger partial charge is 0.497 e. The number of benzene rings is 1. The van der Waals surface area contributed by atoms with Gasteiger partial charge in [0, 0.05) is 44.8 Å². The lowest BCUT2D eigenvalue weighted by Crippen LogP contribution is -2.49. The number of piperazine rings is 1. The summed E-state index contributed by atoms with van der Waals surface area (Å²) in [7, 11) is 1.64. The first kappa shape index (κ1) is 19.1. The zero-order valence-corrected chi connectivity index (χ0v) is 15.7. The SMILES string of the molecule is C=CCNC(=O)CN1CCN(Cc2coc(-c3ccc(OC)cc3)n2)CC1. The number of amides is 1. The topological polar surface area (TPSA) is 70.8 Å². The Labute approximate surface area is 159 Å². The van der Waals surface area contributed by atoms with Crippen molar-refractivity contribution < 1.29 is 13.9 Å². The second kappa shape index (κ2) is 9.34. The third kappa shape index (κ3) is 5.42. The van der Waals surface area contributed by atoms with Crippen LogP contribution in [0.15, 0.2) is 47.6 Å². The Morgan fingerprint density at radius 1 is 1.26 bits per heavy atom. The van der Waals surface area contributed by atoms with E-state index in [0.29, 0.717) is 19.0 Å². The van der Waals surface area contributed by atoms with Gasteiger partial charge in [-0.15, -0.1) is 6.58 Å². The number of hydrogen-bond donors (Lipinski definition) is 1. The molecule has 0 spiro atoms. The van der Waals surface area contributed by atoms with Gasteiger partial charge in [-0.25, -0.2) is 4.98 Å². The summed E-state index contributed by atoms with van der Waals surface area (Å²) in [6, 6.07) is 7.66. The van der Waals surface area contributed by atoms with E-state index < -0.39 is 0 Å². The summed E-state index contributed by atoms with van der Waals surface area (Å²) in [6.45, 7) is 8.84. The number of methoxy groups -OCH3 is 1. The molecule has 0 bridgehead atoms. The third-order valence-corrected chi connectivity index (χ3v) is 4.55. The van der Waals surface area contributed by atoms with Crippen LogP contribution in [0.4, 0.5) is 0 Å². The maximum Gasteiger partial charge on any atom is 0.234 e. The lowest BCUT2D eigenvalue weighted by Gasteiger charge is -2.33. The van der Waals surface area contributed by atoms with E-state index in [1.807, 2.05) is 24.3 Å². The average Bonchev–Trinajstić information content (AvgIpc) is 3.16. The van der Waals surface area contributed by atoms with Gasteiger partial charge < -0.3 is 14.5 Å². The number of carbonyl (C=O) groups excluding carboxylic acids is 1. The normalized spacial score (nSPS) is 15.4. The van der Waals surface area contributed by atoms with Crippen molar-refractivity contribution in [3.8, 4) is 17.2 Å². The smallest absolute Gasteiger partial charge is 0.234 e. The highest BCUT2D eigenvalue weighted by molar-refractivity contribution is 5.78. The molecule has 1 aliphatic heterocycles. The van der Waals surface area contributed by atoms with E-state index in [-0.39, 0.29) is 5.91 Å². The van der Waals surface area contributed by atoms with Crippen molar-refractivity contribution in [2.24, 2.45) is 0 Å². The number of carbonyl (C=O) groups is 1. The highest BCUT2D eigenvalue weighted by Gasteiger charge is 2.20. The lowest BCUT2D eigenvalue weighted by atomic mass is 10.2. The molecule has 27 heavy (non-hydrogen) atoms. The monoisotopic (exact) mass is 370 g/mol. The number of hydrogen-bond acceptors (Lipinski definition) is 6. The van der Waals surface area contributed by atoms with Crippen LogP contribution in [0, 0.1) is 0 Å². The molecule has 2 heterocycles. The molecule has 0 atom stereocenters. The molecular weight excluding hydrogens is 344 g/mol. The quantitative estimate of drug-likeness (QED) is 0.714. The van der Waals surface area contributed by atoms with E-state index in [1.54, 1.807) is 19.4 Å². The first-order chi connectivity index (χ1) is 13.2. The van der Waals surface area contributed by atoms with Gasteiger partial charge in [0.2, 0.25) is 11.8 Å². The molecule has 1 N–H and O–H groups in total. The van der Waals surface area contributed by atoms with Crippen molar-refractivity contribution in [3.05, 3.63) is 48.9 Å². The summed E-state index contributed by atoms with van der Waals surface area (Å²) in [4.78, 5) is 20.9. The van der Waals surface area contributed by atoms with E-state index in [4.69, 9.17) is 9.15 Å². The zero-order chi connectivity index (χ0) is 19.1. The van der Waals surface area contributed by atoms with Crippen LogP contribution in [0.5, 0.6) is 5.75 Å². The predicted octanol–water partition coefficient (Wildman–Crippen LogP) is 1.77. The number of oxazole rings is 1. The number of nitrogens with one attached hydrogen (secondary N) is 1. The molecule has 2 aromatic rings. The van der Waals surface area contributed by atoms with E-state index in [1.165, 1.54) is 0 Å². The van der Waals surface area contributed by atoms with Gasteiger partial charge >= 0.3 is 0 Å². The Morgan fingerprint density at radius 2 is 1.96 bits per heavy atom. The van der Waals surface area contributed by atoms with Crippen LogP contribution in [-0.2, 0) is 11.3 Å². The van der Waals surface area contributed by atoms with Crippen LogP contribution >= 0.6 is 0 Å². The Balaban J connectivity index is 1.47. The summed E-state index contributed by atoms with van der Waals surface area (Å²) >= 11 is 0. The van der Waals surface area contributed by atoms with Gasteiger partial charge in [-0.1, -0.05) is 6.08 Å². The average molecular weight is 370 g/mol. The minimum absolute atomic E-state index is 0.0454. The van der Waals surface area contributed by atoms with Gasteiger partial charge in [-0.05, 0) is 24.3 Å². The fraction of sp³-hybridized carbons (Fsp3) is 0.400. The van der Waals surface area contributed by atoms with Crippen molar-refractivity contribution in [2.75, 3.05) is 46.4 Å². The number of rotatable bonds is 8. The van der Waals surface area contributed by atoms with Crippen molar-refractivity contribution in [1.82, 2.24) is 20.1 Å². The molecule has 144 valence electrons. The number of ether oxygens (including phenoxy) is 1. The molecule has 7 heteroatoms. The molecule has 0 saturated carbocycles. The maximum atomic E-state index is 11.8. The fourth-order valence-corrected chi connectivity index (χ4v) is 3.03. The van der Waals surface area contributed by atoms with E-state index in [9.17, 15) is 4.79 Å². The minimum Gasteiger partial charge on any atom is -0.497 e. The third-order valence-electron chi connectivity index (χ3n) is 4.55. The fourth-order valence-electron chi connectivity index (χ4n) is 3.03. The summed E-state index contributed by atoms with van der Waals surface area (Å²) in [5.74, 6) is 1.47. The molecule has 1 saturated heterocycles. The highest BCUT2D eigenvalue weighted by atomic mass is 16.5. The Morgan fingerprint density at radius 3 is 2.63 bits per heavy atom. The maximum absolute atomic E-state index is 11.8. The van der Waals surface area contributed by atoms with E-state index in [0.717, 1.165) is 49.7 Å². The van der Waals surface area contributed by atoms with Gasteiger partial charge in [0.25, 0.3) is 0 Å². The highest BCUT2D eigenvalue weighted by Crippen LogP contribution is 2.22. The summed E-state index contributed by atoms with van der Waals surface area (Å²) in [5, 5.41) is 2.81. The molecule has 1 aromatic heterocycles. The summed E-state index contributed by atoms with van der Waals surface area (Å²) in [5.41, 5.74) is 1.84. The minimum atomic E-state index is 0.0454. The van der Waals surface area contributed by atoms with Crippen LogP contribution in [-0.4, -0.2) is 67.1 Å². The Kier molecular flexibility index (Phi) is 6.62. The van der Waals surface area contributed by atoms with Gasteiger partial charge in [-0.3, -0.25) is 14.6 Å². The van der Waals surface area contributed by atoms with Crippen molar-refractivity contribution >= 4 is 5.91 Å². The Hall–Kier alpha value is -2.64. The second-order valence-corrected chi connectivity index (χ2v) is 6.52. The number of nitrogens with zero attached hydrogens (tertiary/aromatic N) is 3. The van der Waals surface area contributed by atoms with Crippen LogP contribution in [0.3, 0.4) is 0 Å². The first-order valence-electron chi connectivity index (χ1n) is 9.09. The second-order valence-electron chi connectivity index (χ2n) is 6.52. The Bertz CT molecular complexity index is 749. The van der Waals surface area contributed by atoms with E-state index >= 15 is 0 Å². The molecule has 0 radical (unpaired) electrons. The molecule has 0 aliphatic carbocycles. The molecule has 3 rings (SSSR count). The van der Waals surface area contributed by atoms with Crippen molar-refractivity contribution in [1.29, 1.82) is 0 Å². The molecule has 0 unspecified atom stereocenters. The van der Waals surface area contributed by atoms with Crippen LogP contribution in [0.1, 0.15) is 5.69 Å². The van der Waals surface area contributed by atoms with Crippen molar-refractivity contribution in [3.63, 3.8) is 0 Å². The molecule has 1 fully saturated rings. The van der Waals surface area contributed by atoms with Crippen LogP contribution in [0.2, 0.25) is 0 Å². The lowest BCUT2D eigenvalue weighted by molar-refractivity contribution is -0.122. The van der Waals surface area contributed by atoms with Gasteiger partial charge in [0.1, 0.15) is 12.0 Å². The summed E-state index contributed by atoms with van der Waals surface area (Å²) < 4.78 is 10.8. The molecule has 1 amide bonds. The molecule has 1 aromatic carbocycles. The van der Waals surface area contributed by atoms with Crippen molar-refractivity contribution in [2.45, 2.75) is 6.54 Å². The first-order valence-corrected chi connectivity index (χ1v) is 9.09. The van der Waals surface area contributed by atoms with Crippen LogP contribution in [0.25, 0.3) is 11.5 Å². The zero-order valence-electron chi connectivity index (χ0n) is 15.7. The molecule has 7 nitrogen and oxygen atoms in total. The van der Waals surface area contributed by atoms with Gasteiger partial charge in [0.05, 0.1) is 19.3 Å². The van der Waals surface area contributed by atoms with Gasteiger partial charge in [-0.2, -0.15) is 0 Å². The number of aromatic nitrogens is 1. The standard InChI is InChI=1S/C20H26N4O3/c1-3-8-21-19(25)14-24-11-9-23(10-12-24)13-17-15-27-20(22-17)16-4-6-18(26-2)7-5-16/h3-7,15H,1,8-14H2,2H3,(H,21,25). The molecule has 1 aliphatic rings.